The fourth-order valence-corrected chi connectivity index (χ4v) is 3.55. The fraction of sp³-hybridized carbons (Fsp3) is 0.389. The van der Waals surface area contributed by atoms with Gasteiger partial charge in [0.1, 0.15) is 13.2 Å². The normalized spacial score (nSPS) is 13.8. The summed E-state index contributed by atoms with van der Waals surface area (Å²) in [6.45, 7) is 3.63. The third-order valence-corrected chi connectivity index (χ3v) is 4.96. The van der Waals surface area contributed by atoms with Crippen molar-refractivity contribution in [3.8, 4) is 21.9 Å². The number of rotatable bonds is 4. The number of methoxy groups -OCH3 is 1. The van der Waals surface area contributed by atoms with Crippen molar-refractivity contribution in [1.82, 2.24) is 4.90 Å². The molecule has 0 saturated heterocycles. The van der Waals surface area contributed by atoms with E-state index in [9.17, 15) is 9.90 Å². The maximum absolute atomic E-state index is 12.2. The summed E-state index contributed by atoms with van der Waals surface area (Å²) in [5.41, 5.74) is 1.68. The molecule has 25 heavy (non-hydrogen) atoms. The molecule has 0 atom stereocenters. The van der Waals surface area contributed by atoms with Crippen molar-refractivity contribution in [3.63, 3.8) is 0 Å². The number of hydrogen-bond donors (Lipinski definition) is 1. The molecule has 0 unspecified atom stereocenters. The molecule has 1 aliphatic heterocycles. The van der Waals surface area contributed by atoms with Crippen LogP contribution in [0.1, 0.15) is 10.4 Å². The van der Waals surface area contributed by atoms with Crippen molar-refractivity contribution in [1.29, 1.82) is 0 Å². The van der Waals surface area contributed by atoms with Crippen LogP contribution in [0.25, 0.3) is 10.4 Å². The van der Waals surface area contributed by atoms with Crippen LogP contribution < -0.4 is 4.74 Å². The molecule has 0 saturated carbocycles. The topological polar surface area (TPSA) is 68.2 Å². The minimum atomic E-state index is -0.412. The van der Waals surface area contributed by atoms with Gasteiger partial charge in [-0.3, -0.25) is 0 Å². The number of thiophene rings is 1. The highest BCUT2D eigenvalue weighted by Crippen LogP contribution is 2.39. The summed E-state index contributed by atoms with van der Waals surface area (Å²) < 4.78 is 15.7. The zero-order valence-corrected chi connectivity index (χ0v) is 15.1. The van der Waals surface area contributed by atoms with Gasteiger partial charge in [0.15, 0.2) is 11.5 Å². The van der Waals surface area contributed by atoms with E-state index in [1.165, 1.54) is 4.88 Å². The Balaban J connectivity index is 1.84. The zero-order valence-electron chi connectivity index (χ0n) is 14.3. The van der Waals surface area contributed by atoms with E-state index in [2.05, 4.69) is 0 Å². The maximum Gasteiger partial charge on any atom is 0.410 e. The van der Waals surface area contributed by atoms with E-state index in [0.29, 0.717) is 32.1 Å². The van der Waals surface area contributed by atoms with Crippen molar-refractivity contribution < 1.29 is 24.1 Å². The van der Waals surface area contributed by atoms with Gasteiger partial charge in [0.05, 0.1) is 19.7 Å². The summed E-state index contributed by atoms with van der Waals surface area (Å²) in [7, 11) is 1.56. The van der Waals surface area contributed by atoms with Gasteiger partial charge in [-0.15, -0.1) is 11.3 Å². The molecular weight excluding hydrogens is 342 g/mol. The Morgan fingerprint density at radius 2 is 2.20 bits per heavy atom. The van der Waals surface area contributed by atoms with E-state index in [-0.39, 0.29) is 12.4 Å². The number of phenolic OH excluding ortho intramolecular Hbond substituents is 1. The number of nitrogens with zero attached hydrogens (tertiary/aromatic N) is 1. The largest absolute Gasteiger partial charge is 0.504 e. The Labute approximate surface area is 150 Å². The van der Waals surface area contributed by atoms with E-state index in [0.717, 1.165) is 16.0 Å². The summed E-state index contributed by atoms with van der Waals surface area (Å²) in [5.74, 6) is 0.525. The van der Waals surface area contributed by atoms with Crippen molar-refractivity contribution in [2.45, 2.75) is 13.5 Å². The number of phenols is 1. The predicted octanol–water partition coefficient (Wildman–Crippen LogP) is 3.41. The molecule has 1 N–H and O–H groups in total. The molecule has 2 heterocycles. The van der Waals surface area contributed by atoms with Crippen LogP contribution in [0.15, 0.2) is 24.3 Å². The standard InChI is InChI=1S/C18H21NO5S/c1-12-3-4-16(25-12)13-9-14-11-19(18(21)24-8-7-22-2)5-6-23-17(14)15(20)10-13/h3-4,9-10,20H,5-8,11H2,1-2H3. The molecule has 7 heteroatoms. The minimum Gasteiger partial charge on any atom is -0.504 e. The molecule has 0 aliphatic carbocycles. The SMILES string of the molecule is COCCOC(=O)N1CCOc2c(O)cc(-c3ccc(C)s3)cc2C1. The van der Waals surface area contributed by atoms with Crippen LogP contribution >= 0.6 is 11.3 Å². The van der Waals surface area contributed by atoms with Crippen LogP contribution in [-0.4, -0.2) is 49.6 Å². The summed E-state index contributed by atoms with van der Waals surface area (Å²) >= 11 is 1.66. The van der Waals surface area contributed by atoms with E-state index >= 15 is 0 Å². The van der Waals surface area contributed by atoms with E-state index < -0.39 is 6.09 Å². The van der Waals surface area contributed by atoms with Gasteiger partial charge in [0.25, 0.3) is 0 Å². The number of fused-ring (bicyclic) bond motifs is 1. The molecule has 0 radical (unpaired) electrons. The number of benzene rings is 1. The van der Waals surface area contributed by atoms with E-state index in [1.807, 2.05) is 25.1 Å². The second-order valence-electron chi connectivity index (χ2n) is 5.77. The summed E-state index contributed by atoms with van der Waals surface area (Å²) in [6, 6.07) is 7.73. The van der Waals surface area contributed by atoms with Gasteiger partial charge in [-0.25, -0.2) is 4.79 Å². The first-order valence-electron chi connectivity index (χ1n) is 8.04. The summed E-state index contributed by atoms with van der Waals surface area (Å²) in [6.07, 6.45) is -0.412. The van der Waals surface area contributed by atoms with Crippen molar-refractivity contribution >= 4 is 17.4 Å². The molecule has 1 aliphatic rings. The molecule has 134 valence electrons. The lowest BCUT2D eigenvalue weighted by molar-refractivity contribution is 0.0687. The monoisotopic (exact) mass is 363 g/mol. The molecule has 0 spiro atoms. The second kappa shape index (κ2) is 7.76. The van der Waals surface area contributed by atoms with Crippen LogP contribution in [0.2, 0.25) is 0 Å². The molecule has 3 rings (SSSR count). The Bertz CT molecular complexity index is 758. The quantitative estimate of drug-likeness (QED) is 0.843. The van der Waals surface area contributed by atoms with Crippen molar-refractivity contribution in [2.75, 3.05) is 33.5 Å². The molecule has 1 amide bonds. The Morgan fingerprint density at radius 3 is 2.92 bits per heavy atom. The number of hydrogen-bond acceptors (Lipinski definition) is 6. The number of aryl methyl sites for hydroxylation is 1. The van der Waals surface area contributed by atoms with Gasteiger partial charge in [0.2, 0.25) is 0 Å². The Hall–Kier alpha value is -2.25. The van der Waals surface area contributed by atoms with Gasteiger partial charge in [-0.1, -0.05) is 0 Å². The van der Waals surface area contributed by atoms with Crippen LogP contribution in [-0.2, 0) is 16.0 Å². The second-order valence-corrected chi connectivity index (χ2v) is 7.06. The number of carbonyl (C=O) groups is 1. The van der Waals surface area contributed by atoms with Crippen LogP contribution in [0.5, 0.6) is 11.5 Å². The predicted molar refractivity (Wildman–Crippen MR) is 95.3 cm³/mol. The smallest absolute Gasteiger partial charge is 0.410 e. The highest BCUT2D eigenvalue weighted by atomic mass is 32.1. The van der Waals surface area contributed by atoms with Crippen molar-refractivity contribution in [3.05, 3.63) is 34.7 Å². The van der Waals surface area contributed by atoms with E-state index in [4.69, 9.17) is 14.2 Å². The molecule has 6 nitrogen and oxygen atoms in total. The van der Waals surface area contributed by atoms with Crippen LogP contribution in [0.4, 0.5) is 4.79 Å². The lowest BCUT2D eigenvalue weighted by atomic mass is 10.1. The Kier molecular flexibility index (Phi) is 5.45. The van der Waals surface area contributed by atoms with Gasteiger partial charge in [0, 0.05) is 22.4 Å². The first-order valence-corrected chi connectivity index (χ1v) is 8.86. The molecule has 1 aromatic carbocycles. The molecular formula is C18H21NO5S. The number of ether oxygens (including phenoxy) is 3. The van der Waals surface area contributed by atoms with Gasteiger partial charge in [-0.05, 0) is 36.8 Å². The van der Waals surface area contributed by atoms with Gasteiger partial charge in [-0.2, -0.15) is 0 Å². The highest BCUT2D eigenvalue weighted by molar-refractivity contribution is 7.15. The first-order chi connectivity index (χ1) is 12.1. The Morgan fingerprint density at radius 1 is 1.36 bits per heavy atom. The summed E-state index contributed by atoms with van der Waals surface area (Å²) in [5, 5.41) is 10.4. The van der Waals surface area contributed by atoms with Crippen LogP contribution in [0.3, 0.4) is 0 Å². The molecule has 0 fully saturated rings. The number of amides is 1. The average molecular weight is 363 g/mol. The number of aromatic hydroxyl groups is 1. The van der Waals surface area contributed by atoms with Gasteiger partial charge >= 0.3 is 6.09 Å². The third-order valence-electron chi connectivity index (χ3n) is 3.91. The van der Waals surface area contributed by atoms with Crippen molar-refractivity contribution in [2.24, 2.45) is 0 Å². The van der Waals surface area contributed by atoms with Gasteiger partial charge < -0.3 is 24.2 Å². The third kappa shape index (κ3) is 4.05. The lowest BCUT2D eigenvalue weighted by Gasteiger charge is -2.19. The van der Waals surface area contributed by atoms with E-state index in [1.54, 1.807) is 29.4 Å². The molecule has 2 aromatic rings. The minimum absolute atomic E-state index is 0.0909. The lowest BCUT2D eigenvalue weighted by Crippen LogP contribution is -2.33. The van der Waals surface area contributed by atoms with Crippen LogP contribution in [0, 0.1) is 6.92 Å². The maximum atomic E-state index is 12.2. The highest BCUT2D eigenvalue weighted by Gasteiger charge is 2.24. The zero-order chi connectivity index (χ0) is 17.8. The first kappa shape index (κ1) is 17.6. The number of carbonyl (C=O) groups excluding carboxylic acids is 1. The average Bonchev–Trinajstić information content (AvgIpc) is 2.90. The fourth-order valence-electron chi connectivity index (χ4n) is 2.69. The molecule has 1 aromatic heterocycles. The summed E-state index contributed by atoms with van der Waals surface area (Å²) in [4.78, 5) is 16.0. The molecule has 0 bridgehead atoms.